The monoisotopic (exact) mass is 532 g/mol. The second-order valence-corrected chi connectivity index (χ2v) is 10.8. The number of pyridine rings is 1. The van der Waals surface area contributed by atoms with Gasteiger partial charge in [0.25, 0.3) is 0 Å². The maximum Gasteiger partial charge on any atom is 0.141 e. The number of thiophene rings is 1. The van der Waals surface area contributed by atoms with Gasteiger partial charge in [-0.1, -0.05) is 48.5 Å². The van der Waals surface area contributed by atoms with Crippen LogP contribution in [0.4, 0.5) is 0 Å². The van der Waals surface area contributed by atoms with Crippen LogP contribution >= 0.6 is 11.3 Å². The van der Waals surface area contributed by atoms with Crippen LogP contribution in [-0.4, -0.2) is 19.1 Å². The fourth-order valence-electron chi connectivity index (χ4n) is 5.86. The van der Waals surface area contributed by atoms with Crippen LogP contribution in [0.25, 0.3) is 72.3 Å². The molecule has 190 valence electrons. The number of rotatable bonds is 4. The maximum absolute atomic E-state index is 5.12. The molecule has 40 heavy (non-hydrogen) atoms. The number of aromatic nitrogens is 4. The number of nitrogens with zero attached hydrogens (tertiary/aromatic N) is 4. The zero-order chi connectivity index (χ0) is 26.6. The van der Waals surface area contributed by atoms with E-state index in [-0.39, 0.29) is 0 Å². The molecule has 4 aromatic heterocycles. The zero-order valence-electron chi connectivity index (χ0n) is 21.8. The van der Waals surface area contributed by atoms with Gasteiger partial charge < -0.3 is 9.13 Å². The first kappa shape index (κ1) is 22.9. The predicted molar refractivity (Wildman–Crippen MR) is 167 cm³/mol. The normalized spacial score (nSPS) is 11.6. The van der Waals surface area contributed by atoms with Crippen LogP contribution < -0.4 is 0 Å². The van der Waals surface area contributed by atoms with Crippen molar-refractivity contribution in [3.8, 4) is 39.5 Å². The molecule has 0 saturated carbocycles. The molecule has 8 aromatic rings. The predicted octanol–water partition coefficient (Wildman–Crippen LogP) is 9.13. The number of fused-ring (bicyclic) bond motifs is 4. The summed E-state index contributed by atoms with van der Waals surface area (Å²) in [5.41, 5.74) is 11.1. The molecule has 0 radical (unpaired) electrons. The summed E-state index contributed by atoms with van der Waals surface area (Å²) >= 11 is 1.72. The van der Waals surface area contributed by atoms with Crippen LogP contribution in [0, 0.1) is 0 Å². The largest absolute Gasteiger partial charge is 0.327 e. The van der Waals surface area contributed by atoms with E-state index in [1.54, 1.807) is 11.3 Å². The van der Waals surface area contributed by atoms with Crippen LogP contribution in [0.5, 0.6) is 0 Å². The molecule has 0 amide bonds. The minimum absolute atomic E-state index is 0.961. The molecule has 5 heteroatoms. The number of imidazole rings is 1. The van der Waals surface area contributed by atoms with Crippen LogP contribution in [0.1, 0.15) is 0 Å². The lowest BCUT2D eigenvalue weighted by Gasteiger charge is -2.13. The van der Waals surface area contributed by atoms with E-state index in [1.165, 1.54) is 27.4 Å². The van der Waals surface area contributed by atoms with Crippen molar-refractivity contribution in [1.82, 2.24) is 19.1 Å². The lowest BCUT2D eigenvalue weighted by atomic mass is 9.98. The summed E-state index contributed by atoms with van der Waals surface area (Å²) in [6.45, 7) is 0. The number of benzene rings is 4. The molecular formula is C35H24N4S. The molecule has 0 spiro atoms. The average molecular weight is 533 g/mol. The second kappa shape index (κ2) is 9.04. The van der Waals surface area contributed by atoms with E-state index in [2.05, 4.69) is 129 Å². The molecule has 4 heterocycles. The molecule has 8 rings (SSSR count). The summed E-state index contributed by atoms with van der Waals surface area (Å²) in [6, 6.07) is 38.6. The summed E-state index contributed by atoms with van der Waals surface area (Å²) in [5.74, 6) is 0.961. The molecule has 0 saturated heterocycles. The van der Waals surface area contributed by atoms with Crippen LogP contribution in [0.3, 0.4) is 0 Å². The third kappa shape index (κ3) is 3.52. The molecule has 4 aromatic carbocycles. The van der Waals surface area contributed by atoms with Crippen molar-refractivity contribution in [3.63, 3.8) is 0 Å². The summed E-state index contributed by atoms with van der Waals surface area (Å²) in [6.07, 6.45) is 1.84. The Labute approximate surface area is 235 Å². The molecule has 0 atom stereocenters. The Morgan fingerprint density at radius 3 is 2.33 bits per heavy atom. The topological polar surface area (TPSA) is 35.6 Å². The Bertz CT molecular complexity index is 2170. The van der Waals surface area contributed by atoms with Crippen molar-refractivity contribution in [3.05, 3.63) is 126 Å². The van der Waals surface area contributed by atoms with Gasteiger partial charge in [0, 0.05) is 40.8 Å². The Balaban J connectivity index is 1.46. The van der Waals surface area contributed by atoms with E-state index in [0.29, 0.717) is 0 Å². The van der Waals surface area contributed by atoms with Crippen molar-refractivity contribution in [2.75, 3.05) is 0 Å². The summed E-state index contributed by atoms with van der Waals surface area (Å²) in [7, 11) is 2.11. The smallest absolute Gasteiger partial charge is 0.141 e. The van der Waals surface area contributed by atoms with E-state index in [4.69, 9.17) is 4.98 Å². The highest BCUT2D eigenvalue weighted by Crippen LogP contribution is 2.41. The lowest BCUT2D eigenvalue weighted by molar-refractivity contribution is 0.960. The molecule has 0 aliphatic heterocycles. The molecule has 0 fully saturated rings. The fourth-order valence-corrected chi connectivity index (χ4v) is 6.52. The van der Waals surface area contributed by atoms with E-state index >= 15 is 0 Å². The molecule has 0 bridgehead atoms. The van der Waals surface area contributed by atoms with Crippen molar-refractivity contribution >= 4 is 44.2 Å². The van der Waals surface area contributed by atoms with Gasteiger partial charge in [-0.2, -0.15) is 11.3 Å². The van der Waals surface area contributed by atoms with Gasteiger partial charge in [0.2, 0.25) is 0 Å². The molecule has 4 nitrogen and oxygen atoms in total. The average Bonchev–Trinajstić information content (AvgIpc) is 3.74. The molecular weight excluding hydrogens is 508 g/mol. The summed E-state index contributed by atoms with van der Waals surface area (Å²) in [4.78, 5) is 9.72. The Morgan fingerprint density at radius 2 is 1.50 bits per heavy atom. The third-order valence-electron chi connectivity index (χ3n) is 7.74. The Kier molecular flexibility index (Phi) is 5.18. The van der Waals surface area contributed by atoms with Gasteiger partial charge in [-0.05, 0) is 82.6 Å². The van der Waals surface area contributed by atoms with Gasteiger partial charge in [0.15, 0.2) is 0 Å². The van der Waals surface area contributed by atoms with Gasteiger partial charge in [-0.25, -0.2) is 4.98 Å². The highest BCUT2D eigenvalue weighted by molar-refractivity contribution is 7.08. The number of hydrogen-bond acceptors (Lipinski definition) is 3. The van der Waals surface area contributed by atoms with E-state index < -0.39 is 0 Å². The number of para-hydroxylation sites is 3. The van der Waals surface area contributed by atoms with Gasteiger partial charge >= 0.3 is 0 Å². The zero-order valence-corrected chi connectivity index (χ0v) is 22.6. The first-order valence-electron chi connectivity index (χ1n) is 13.3. The molecule has 0 unspecified atom stereocenters. The summed E-state index contributed by atoms with van der Waals surface area (Å²) in [5, 5.41) is 6.82. The van der Waals surface area contributed by atoms with Crippen molar-refractivity contribution < 1.29 is 0 Å². The summed E-state index contributed by atoms with van der Waals surface area (Å²) < 4.78 is 4.59. The number of aryl methyl sites for hydroxylation is 1. The molecule has 0 N–H and O–H groups in total. The number of hydrogen-bond donors (Lipinski definition) is 0. The molecule has 0 aliphatic carbocycles. The van der Waals surface area contributed by atoms with Gasteiger partial charge in [-0.3, -0.25) is 4.98 Å². The van der Waals surface area contributed by atoms with Crippen LogP contribution in [-0.2, 0) is 7.05 Å². The first-order chi connectivity index (χ1) is 19.8. The highest BCUT2D eigenvalue weighted by atomic mass is 32.1. The van der Waals surface area contributed by atoms with Crippen molar-refractivity contribution in [2.45, 2.75) is 0 Å². The Morgan fingerprint density at radius 1 is 0.650 bits per heavy atom. The Hall–Kier alpha value is -5.00. The van der Waals surface area contributed by atoms with Crippen molar-refractivity contribution in [1.29, 1.82) is 0 Å². The van der Waals surface area contributed by atoms with Crippen molar-refractivity contribution in [2.24, 2.45) is 7.05 Å². The molecule has 0 aliphatic rings. The van der Waals surface area contributed by atoms with Crippen LogP contribution in [0.2, 0.25) is 0 Å². The maximum atomic E-state index is 5.12. The lowest BCUT2D eigenvalue weighted by Crippen LogP contribution is -1.98. The van der Waals surface area contributed by atoms with E-state index in [1.807, 2.05) is 18.3 Å². The SMILES string of the molecule is Cn1c(-c2cc3c(cc2-c2ccsc2)c2ccccc2n3-c2cccc(-c3ccccn3)c2)nc2ccccc21. The van der Waals surface area contributed by atoms with Gasteiger partial charge in [0.05, 0.1) is 27.8 Å². The van der Waals surface area contributed by atoms with E-state index in [0.717, 1.165) is 44.9 Å². The van der Waals surface area contributed by atoms with Crippen LogP contribution in [0.15, 0.2) is 126 Å². The van der Waals surface area contributed by atoms with Gasteiger partial charge in [0.1, 0.15) is 5.82 Å². The minimum atomic E-state index is 0.961. The van der Waals surface area contributed by atoms with Gasteiger partial charge in [-0.15, -0.1) is 0 Å². The van der Waals surface area contributed by atoms with E-state index in [9.17, 15) is 0 Å². The standard InChI is InChI=1S/C35H24N4S/c1-38-33-15-5-3-13-31(33)37-35(38)29-21-34-28(20-27(29)24-16-18-40-22-24)26-11-2-4-14-32(26)39(34)25-10-8-9-23(19-25)30-12-6-7-17-36-30/h2-22H,1H3. The first-order valence-corrected chi connectivity index (χ1v) is 14.2. The quantitative estimate of drug-likeness (QED) is 0.227. The third-order valence-corrected chi connectivity index (χ3v) is 8.42. The highest BCUT2D eigenvalue weighted by Gasteiger charge is 2.20. The second-order valence-electron chi connectivity index (χ2n) is 10.0. The minimum Gasteiger partial charge on any atom is -0.327 e. The fraction of sp³-hybridized carbons (Fsp3) is 0.0286.